The molecule has 1 unspecified atom stereocenters. The van der Waals surface area contributed by atoms with Crippen LogP contribution in [0.5, 0.6) is 0 Å². The van der Waals surface area contributed by atoms with Crippen LogP contribution < -0.4 is 5.73 Å². The second kappa shape index (κ2) is 6.24. The molecule has 1 nitrogen and oxygen atoms in total. The van der Waals surface area contributed by atoms with E-state index >= 15 is 0 Å². The monoisotopic (exact) mass is 391 g/mol. The summed E-state index contributed by atoms with van der Waals surface area (Å²) in [5.41, 5.74) is 8.22. The molecule has 0 saturated carbocycles. The van der Waals surface area contributed by atoms with Gasteiger partial charge in [-0.3, -0.25) is 0 Å². The lowest BCUT2D eigenvalue weighted by Crippen LogP contribution is -2.14. The van der Waals surface area contributed by atoms with Crippen LogP contribution in [-0.2, 0) is 6.42 Å². The molecule has 2 rings (SSSR count). The van der Waals surface area contributed by atoms with Crippen LogP contribution in [0.3, 0.4) is 0 Å². The molecule has 0 radical (unpaired) electrons. The average molecular weight is 392 g/mol. The van der Waals surface area contributed by atoms with Gasteiger partial charge in [0.05, 0.1) is 0 Å². The minimum absolute atomic E-state index is 0.0999. The molecule has 18 heavy (non-hydrogen) atoms. The van der Waals surface area contributed by atoms with E-state index in [-0.39, 0.29) is 6.04 Å². The maximum absolute atomic E-state index is 6.21. The maximum atomic E-state index is 6.21. The second-order valence-corrected chi connectivity index (χ2v) is 6.13. The Morgan fingerprint density at radius 3 is 2.28 bits per heavy atom. The van der Waals surface area contributed by atoms with E-state index in [1.165, 1.54) is 3.57 Å². The zero-order chi connectivity index (χ0) is 13.1. The van der Waals surface area contributed by atoms with Crippen LogP contribution in [0.15, 0.2) is 42.5 Å². The first-order valence-corrected chi connectivity index (χ1v) is 7.35. The van der Waals surface area contributed by atoms with Crippen LogP contribution >= 0.6 is 45.8 Å². The van der Waals surface area contributed by atoms with E-state index < -0.39 is 0 Å². The van der Waals surface area contributed by atoms with Crippen molar-refractivity contribution in [1.82, 2.24) is 0 Å². The molecule has 94 valence electrons. The Balaban J connectivity index is 2.24. The summed E-state index contributed by atoms with van der Waals surface area (Å²) in [5, 5.41) is 1.34. The lowest BCUT2D eigenvalue weighted by atomic mass is 10.00. The van der Waals surface area contributed by atoms with Crippen LogP contribution in [0, 0.1) is 3.57 Å². The van der Waals surface area contributed by atoms with Gasteiger partial charge in [-0.15, -0.1) is 0 Å². The molecule has 0 bridgehead atoms. The van der Waals surface area contributed by atoms with E-state index in [9.17, 15) is 0 Å². The standard InChI is InChI=1S/C14H12Cl2IN/c15-12-5-2-6-13(16)11(12)8-14(18)9-3-1-4-10(17)7-9/h1-7,14H,8,18H2. The van der Waals surface area contributed by atoms with Crippen molar-refractivity contribution in [3.63, 3.8) is 0 Å². The molecule has 2 aromatic rings. The summed E-state index contributed by atoms with van der Waals surface area (Å²) in [7, 11) is 0. The summed E-state index contributed by atoms with van der Waals surface area (Å²) < 4.78 is 1.17. The summed E-state index contributed by atoms with van der Waals surface area (Å²) in [6.45, 7) is 0. The van der Waals surface area contributed by atoms with Crippen LogP contribution in [0.25, 0.3) is 0 Å². The molecule has 0 aliphatic rings. The summed E-state index contributed by atoms with van der Waals surface area (Å²) in [6.07, 6.45) is 0.638. The number of halogens is 3. The van der Waals surface area contributed by atoms with Gasteiger partial charge in [0.25, 0.3) is 0 Å². The SMILES string of the molecule is NC(Cc1c(Cl)cccc1Cl)c1cccc(I)c1. The van der Waals surface area contributed by atoms with Gasteiger partial charge in [-0.05, 0) is 64.4 Å². The molecule has 0 fully saturated rings. The minimum atomic E-state index is -0.0999. The Hall–Kier alpha value is -0.290. The third-order valence-corrected chi connectivity index (χ3v) is 4.14. The number of hydrogen-bond donors (Lipinski definition) is 1. The zero-order valence-corrected chi connectivity index (χ0v) is 13.2. The fourth-order valence-electron chi connectivity index (χ4n) is 1.80. The van der Waals surface area contributed by atoms with Crippen molar-refractivity contribution in [3.05, 3.63) is 67.2 Å². The van der Waals surface area contributed by atoms with Gasteiger partial charge < -0.3 is 5.73 Å². The van der Waals surface area contributed by atoms with E-state index in [0.29, 0.717) is 16.5 Å². The summed E-state index contributed by atoms with van der Waals surface area (Å²) >= 11 is 14.6. The molecule has 4 heteroatoms. The van der Waals surface area contributed by atoms with Gasteiger partial charge >= 0.3 is 0 Å². The highest BCUT2D eigenvalue weighted by molar-refractivity contribution is 14.1. The Morgan fingerprint density at radius 1 is 1.06 bits per heavy atom. The van der Waals surface area contributed by atoms with E-state index in [1.807, 2.05) is 36.4 Å². The molecule has 0 aromatic heterocycles. The van der Waals surface area contributed by atoms with Gasteiger partial charge in [0.2, 0.25) is 0 Å². The molecule has 0 aliphatic heterocycles. The smallest absolute Gasteiger partial charge is 0.0453 e. The predicted molar refractivity (Wildman–Crippen MR) is 86.3 cm³/mol. The van der Waals surface area contributed by atoms with Crippen molar-refractivity contribution in [2.75, 3.05) is 0 Å². The van der Waals surface area contributed by atoms with E-state index in [2.05, 4.69) is 28.7 Å². The molecule has 0 aliphatic carbocycles. The van der Waals surface area contributed by atoms with Gasteiger partial charge in [0.1, 0.15) is 0 Å². The molecule has 0 heterocycles. The second-order valence-electron chi connectivity index (χ2n) is 4.07. The molecular formula is C14H12Cl2IN. The maximum Gasteiger partial charge on any atom is 0.0453 e. The molecular weight excluding hydrogens is 380 g/mol. The number of hydrogen-bond acceptors (Lipinski definition) is 1. The highest BCUT2D eigenvalue weighted by Gasteiger charge is 2.12. The Kier molecular flexibility index (Phi) is 4.90. The van der Waals surface area contributed by atoms with Gasteiger partial charge in [0.15, 0.2) is 0 Å². The van der Waals surface area contributed by atoms with E-state index in [4.69, 9.17) is 28.9 Å². The predicted octanol–water partition coefficient (Wildman–Crippen LogP) is 4.84. The van der Waals surface area contributed by atoms with Gasteiger partial charge in [-0.25, -0.2) is 0 Å². The van der Waals surface area contributed by atoms with Crippen molar-refractivity contribution >= 4 is 45.8 Å². The van der Waals surface area contributed by atoms with Gasteiger partial charge in [-0.1, -0.05) is 41.4 Å². The minimum Gasteiger partial charge on any atom is -0.324 e. The van der Waals surface area contributed by atoms with Crippen LogP contribution in [0.1, 0.15) is 17.2 Å². The normalized spacial score (nSPS) is 12.4. The largest absolute Gasteiger partial charge is 0.324 e. The third kappa shape index (κ3) is 3.38. The molecule has 2 N–H and O–H groups in total. The Labute approximate surface area is 130 Å². The van der Waals surface area contributed by atoms with Crippen molar-refractivity contribution in [3.8, 4) is 0 Å². The number of nitrogens with two attached hydrogens (primary N) is 1. The number of rotatable bonds is 3. The summed E-state index contributed by atoms with van der Waals surface area (Å²) in [6, 6.07) is 13.6. The Bertz CT molecular complexity index is 537. The third-order valence-electron chi connectivity index (χ3n) is 2.76. The van der Waals surface area contributed by atoms with Crippen molar-refractivity contribution in [2.45, 2.75) is 12.5 Å². The highest BCUT2D eigenvalue weighted by Crippen LogP contribution is 2.28. The van der Waals surface area contributed by atoms with Crippen molar-refractivity contribution in [2.24, 2.45) is 5.73 Å². The van der Waals surface area contributed by atoms with Crippen LogP contribution in [0.4, 0.5) is 0 Å². The fraction of sp³-hybridized carbons (Fsp3) is 0.143. The first kappa shape index (κ1) is 14.1. The lowest BCUT2D eigenvalue weighted by molar-refractivity contribution is 0.721. The molecule has 0 amide bonds. The summed E-state index contributed by atoms with van der Waals surface area (Å²) in [4.78, 5) is 0. The van der Waals surface area contributed by atoms with E-state index in [1.54, 1.807) is 0 Å². The average Bonchev–Trinajstić information content (AvgIpc) is 2.34. The first-order chi connectivity index (χ1) is 8.58. The van der Waals surface area contributed by atoms with Crippen molar-refractivity contribution in [1.29, 1.82) is 0 Å². The highest BCUT2D eigenvalue weighted by atomic mass is 127. The Morgan fingerprint density at radius 2 is 1.67 bits per heavy atom. The van der Waals surface area contributed by atoms with Crippen molar-refractivity contribution < 1.29 is 0 Å². The summed E-state index contributed by atoms with van der Waals surface area (Å²) in [5.74, 6) is 0. The molecule has 0 saturated heterocycles. The van der Waals surface area contributed by atoms with Crippen LogP contribution in [0.2, 0.25) is 10.0 Å². The van der Waals surface area contributed by atoms with E-state index in [0.717, 1.165) is 11.1 Å². The molecule has 2 aromatic carbocycles. The lowest BCUT2D eigenvalue weighted by Gasteiger charge is -2.14. The first-order valence-electron chi connectivity index (χ1n) is 5.52. The fourth-order valence-corrected chi connectivity index (χ4v) is 2.92. The molecule has 0 spiro atoms. The van der Waals surface area contributed by atoms with Gasteiger partial charge in [0, 0.05) is 19.7 Å². The zero-order valence-electron chi connectivity index (χ0n) is 9.54. The number of benzene rings is 2. The topological polar surface area (TPSA) is 26.0 Å². The molecule has 1 atom stereocenters. The van der Waals surface area contributed by atoms with Gasteiger partial charge in [-0.2, -0.15) is 0 Å². The quantitative estimate of drug-likeness (QED) is 0.744. The van der Waals surface area contributed by atoms with Crippen LogP contribution in [-0.4, -0.2) is 0 Å².